The fourth-order valence-corrected chi connectivity index (χ4v) is 8.98. The average molecular weight is 415 g/mol. The molecule has 5 rings (SSSR count). The third-order valence-electron chi connectivity index (χ3n) is 10.4. The van der Waals surface area contributed by atoms with E-state index in [9.17, 15) is 9.90 Å². The molecule has 4 saturated carbocycles. The molecule has 1 aromatic rings. The standard InChI is InChI=1S/C24H38N4O2/c1-4-24-12-11-22(2,30)13-16(24)5-6-17-18-7-8-20(23(18,3)10-9-19(17)24)21(29)14-28-26-15-25-27-28/h15-20,30H,4-14H2,1-3H3/t16-,17-,18-,19-,20+,22+,23-,24-/m0/s1. The molecule has 0 radical (unpaired) electrons. The number of fused-ring (bicyclic) bond motifs is 5. The highest BCUT2D eigenvalue weighted by Crippen LogP contribution is 2.68. The Labute approximate surface area is 180 Å². The van der Waals surface area contributed by atoms with Crippen molar-refractivity contribution in [2.45, 2.75) is 97.1 Å². The van der Waals surface area contributed by atoms with E-state index >= 15 is 0 Å². The number of carbonyl (C=O) groups excluding carboxylic acids is 1. The Kier molecular flexibility index (Phi) is 4.88. The summed E-state index contributed by atoms with van der Waals surface area (Å²) >= 11 is 0. The van der Waals surface area contributed by atoms with Gasteiger partial charge in [-0.1, -0.05) is 13.8 Å². The van der Waals surface area contributed by atoms with Crippen molar-refractivity contribution in [3.8, 4) is 0 Å². The number of tetrazole rings is 1. The van der Waals surface area contributed by atoms with Gasteiger partial charge in [0.15, 0.2) is 12.1 Å². The van der Waals surface area contributed by atoms with Gasteiger partial charge in [0.1, 0.15) is 6.54 Å². The molecule has 6 heteroatoms. The minimum absolute atomic E-state index is 0.126. The lowest BCUT2D eigenvalue weighted by molar-refractivity contribution is -0.158. The molecule has 0 aromatic carbocycles. The second-order valence-corrected chi connectivity index (χ2v) is 11.5. The Morgan fingerprint density at radius 2 is 1.93 bits per heavy atom. The first-order chi connectivity index (χ1) is 14.3. The monoisotopic (exact) mass is 414 g/mol. The molecule has 8 atom stereocenters. The van der Waals surface area contributed by atoms with Crippen LogP contribution in [-0.2, 0) is 11.3 Å². The summed E-state index contributed by atoms with van der Waals surface area (Å²) in [7, 11) is 0. The van der Waals surface area contributed by atoms with E-state index in [1.807, 2.05) is 6.92 Å². The largest absolute Gasteiger partial charge is 0.390 e. The minimum atomic E-state index is -0.473. The Hall–Kier alpha value is -1.30. The molecule has 166 valence electrons. The molecular weight excluding hydrogens is 376 g/mol. The van der Waals surface area contributed by atoms with E-state index in [1.54, 1.807) is 0 Å². The van der Waals surface area contributed by atoms with Crippen LogP contribution in [0.1, 0.15) is 85.0 Å². The first-order valence-electron chi connectivity index (χ1n) is 12.2. The van der Waals surface area contributed by atoms with Crippen LogP contribution in [-0.4, -0.2) is 36.7 Å². The molecule has 1 N–H and O–H groups in total. The van der Waals surface area contributed by atoms with E-state index in [4.69, 9.17) is 0 Å². The van der Waals surface area contributed by atoms with Gasteiger partial charge in [-0.05, 0) is 111 Å². The van der Waals surface area contributed by atoms with Crippen molar-refractivity contribution in [2.24, 2.45) is 40.4 Å². The van der Waals surface area contributed by atoms with Gasteiger partial charge < -0.3 is 5.11 Å². The lowest BCUT2D eigenvalue weighted by Gasteiger charge is -2.63. The second-order valence-electron chi connectivity index (χ2n) is 11.5. The Bertz CT molecular complexity index is 793. The van der Waals surface area contributed by atoms with Crippen LogP contribution in [0.15, 0.2) is 6.33 Å². The Morgan fingerprint density at radius 1 is 1.10 bits per heavy atom. The Balaban J connectivity index is 1.38. The third-order valence-corrected chi connectivity index (χ3v) is 10.4. The highest BCUT2D eigenvalue weighted by atomic mass is 16.3. The van der Waals surface area contributed by atoms with Gasteiger partial charge in [0.2, 0.25) is 0 Å². The van der Waals surface area contributed by atoms with E-state index < -0.39 is 5.60 Å². The van der Waals surface area contributed by atoms with Crippen molar-refractivity contribution < 1.29 is 9.90 Å². The van der Waals surface area contributed by atoms with Crippen LogP contribution >= 0.6 is 0 Å². The van der Waals surface area contributed by atoms with Crippen LogP contribution in [0.5, 0.6) is 0 Å². The molecular formula is C24H38N4O2. The maximum atomic E-state index is 13.2. The first-order valence-corrected chi connectivity index (χ1v) is 12.2. The number of hydrogen-bond acceptors (Lipinski definition) is 5. The topological polar surface area (TPSA) is 80.9 Å². The van der Waals surface area contributed by atoms with Crippen molar-refractivity contribution in [3.05, 3.63) is 6.33 Å². The molecule has 0 aliphatic heterocycles. The summed E-state index contributed by atoms with van der Waals surface area (Å²) in [5.41, 5.74) is 0.0691. The van der Waals surface area contributed by atoms with Gasteiger partial charge in [-0.15, -0.1) is 10.2 Å². The molecule has 0 saturated heterocycles. The van der Waals surface area contributed by atoms with Crippen LogP contribution in [0, 0.1) is 40.4 Å². The van der Waals surface area contributed by atoms with Crippen molar-refractivity contribution in [3.63, 3.8) is 0 Å². The summed E-state index contributed by atoms with van der Waals surface area (Å²) < 4.78 is 0. The lowest BCUT2D eigenvalue weighted by atomic mass is 9.42. The van der Waals surface area contributed by atoms with E-state index in [0.717, 1.165) is 31.1 Å². The number of nitrogens with zero attached hydrogens (tertiary/aromatic N) is 4. The van der Waals surface area contributed by atoms with Gasteiger partial charge in [0, 0.05) is 5.92 Å². The number of rotatable bonds is 4. The van der Waals surface area contributed by atoms with Gasteiger partial charge >= 0.3 is 0 Å². The molecule has 30 heavy (non-hydrogen) atoms. The predicted molar refractivity (Wildman–Crippen MR) is 113 cm³/mol. The highest BCUT2D eigenvalue weighted by molar-refractivity contribution is 5.81. The lowest BCUT2D eigenvalue weighted by Crippen LogP contribution is -2.56. The maximum Gasteiger partial charge on any atom is 0.162 e. The fraction of sp³-hybridized carbons (Fsp3) is 0.917. The van der Waals surface area contributed by atoms with Crippen molar-refractivity contribution in [1.82, 2.24) is 20.2 Å². The normalized spacial score (nSPS) is 47.9. The van der Waals surface area contributed by atoms with Crippen molar-refractivity contribution in [1.29, 1.82) is 0 Å². The minimum Gasteiger partial charge on any atom is -0.390 e. The molecule has 4 aliphatic carbocycles. The fourth-order valence-electron chi connectivity index (χ4n) is 8.98. The average Bonchev–Trinajstić information content (AvgIpc) is 3.34. The zero-order chi connectivity index (χ0) is 21.1. The van der Waals surface area contributed by atoms with Crippen LogP contribution in [0.2, 0.25) is 0 Å². The highest BCUT2D eigenvalue weighted by Gasteiger charge is 2.62. The number of ketones is 1. The molecule has 0 spiro atoms. The SMILES string of the molecule is CC[C@]12CC[C@@](C)(O)C[C@@H]1CC[C@H]1[C@@H]3CC[C@H](C(=O)Cn4ncnn4)[C@@]3(C)CC[C@@H]12. The summed E-state index contributed by atoms with van der Waals surface area (Å²) in [4.78, 5) is 14.6. The number of hydrogen-bond donors (Lipinski definition) is 1. The van der Waals surface area contributed by atoms with Crippen LogP contribution < -0.4 is 0 Å². The summed E-state index contributed by atoms with van der Waals surface area (Å²) in [5.74, 6) is 3.31. The van der Waals surface area contributed by atoms with E-state index in [2.05, 4.69) is 29.3 Å². The summed E-state index contributed by atoms with van der Waals surface area (Å²) in [5, 5.41) is 22.5. The Morgan fingerprint density at radius 3 is 2.67 bits per heavy atom. The maximum absolute atomic E-state index is 13.2. The second kappa shape index (κ2) is 7.11. The number of aromatic nitrogens is 4. The molecule has 6 nitrogen and oxygen atoms in total. The van der Waals surface area contributed by atoms with Crippen LogP contribution in [0.4, 0.5) is 0 Å². The molecule has 1 heterocycles. The van der Waals surface area contributed by atoms with Crippen LogP contribution in [0.3, 0.4) is 0 Å². The molecule has 1 aromatic heterocycles. The van der Waals surface area contributed by atoms with Gasteiger partial charge in [-0.25, -0.2) is 0 Å². The zero-order valence-corrected chi connectivity index (χ0v) is 18.9. The van der Waals surface area contributed by atoms with E-state index in [0.29, 0.717) is 23.0 Å². The smallest absolute Gasteiger partial charge is 0.162 e. The molecule has 4 aliphatic rings. The third kappa shape index (κ3) is 3.00. The first kappa shape index (κ1) is 20.6. The van der Waals surface area contributed by atoms with Crippen molar-refractivity contribution in [2.75, 3.05) is 0 Å². The van der Waals surface area contributed by atoms with Gasteiger partial charge in [-0.3, -0.25) is 4.79 Å². The molecule has 0 unspecified atom stereocenters. The number of carbonyl (C=O) groups is 1. The molecule has 0 amide bonds. The van der Waals surface area contributed by atoms with Crippen molar-refractivity contribution >= 4 is 5.78 Å². The quantitative estimate of drug-likeness (QED) is 0.804. The number of Topliss-reactive ketones (excluding diaryl/α,β-unsaturated/α-hetero) is 1. The predicted octanol–water partition coefficient (Wildman–Crippen LogP) is 4.04. The zero-order valence-electron chi connectivity index (χ0n) is 18.9. The van der Waals surface area contributed by atoms with E-state index in [1.165, 1.54) is 56.1 Å². The van der Waals surface area contributed by atoms with Gasteiger partial charge in [-0.2, -0.15) is 4.80 Å². The van der Waals surface area contributed by atoms with E-state index in [-0.39, 0.29) is 17.9 Å². The van der Waals surface area contributed by atoms with Gasteiger partial charge in [0.25, 0.3) is 0 Å². The summed E-state index contributed by atoms with van der Waals surface area (Å²) in [6.45, 7) is 7.12. The molecule has 4 fully saturated rings. The van der Waals surface area contributed by atoms with Gasteiger partial charge in [0.05, 0.1) is 5.60 Å². The van der Waals surface area contributed by atoms with Crippen LogP contribution in [0.25, 0.3) is 0 Å². The summed E-state index contributed by atoms with van der Waals surface area (Å²) in [6, 6.07) is 0. The number of aliphatic hydroxyl groups is 1. The summed E-state index contributed by atoms with van der Waals surface area (Å²) in [6.07, 6.45) is 13.0. The molecule has 0 bridgehead atoms.